The Hall–Kier alpha value is 1.11. The van der Waals surface area contributed by atoms with Gasteiger partial charge in [0.25, 0.3) is 0 Å². The minimum Gasteiger partial charge on any atom is -0.792 e. The summed E-state index contributed by atoms with van der Waals surface area (Å²) in [5, 5.41) is 11.8. The van der Waals surface area contributed by atoms with E-state index in [1.807, 2.05) is 0 Å². The van der Waals surface area contributed by atoms with E-state index in [2.05, 4.69) is 5.16 Å². The summed E-state index contributed by atoms with van der Waals surface area (Å²) in [6.07, 6.45) is 0. The zero-order chi connectivity index (χ0) is 4.28. The quantitative estimate of drug-likeness (QED) is 0.202. The van der Waals surface area contributed by atoms with Gasteiger partial charge in [-0.1, -0.05) is 0 Å². The first-order chi connectivity index (χ1) is 2.27. The van der Waals surface area contributed by atoms with E-state index in [1.54, 1.807) is 13.8 Å². The number of hydrogen-bond donors (Lipinski definition) is 0. The minimum absolute atomic E-state index is 0. The third-order valence-electron chi connectivity index (χ3n) is 0.183. The van der Waals surface area contributed by atoms with Gasteiger partial charge in [-0.2, -0.15) is 0 Å². The molecule has 0 aromatic rings. The minimum atomic E-state index is 0. The van der Waals surface area contributed by atoms with E-state index in [4.69, 9.17) is 0 Å². The van der Waals surface area contributed by atoms with Gasteiger partial charge in [-0.25, -0.2) is 0 Å². The Balaban J connectivity index is 0. The Labute approximate surface area is 80.0 Å². The SMILES string of the molecule is CC(C)=N[O-].[K+]. The molecule has 0 aliphatic carbocycles. The molecule has 0 spiro atoms. The fourth-order valence-electron chi connectivity index (χ4n) is 0. The molecule has 0 aliphatic rings. The molecule has 0 aliphatic heterocycles. The summed E-state index contributed by atoms with van der Waals surface area (Å²) in [6.45, 7) is 3.32. The predicted octanol–water partition coefficient (Wildman–Crippen LogP) is -2.03. The fourth-order valence-corrected chi connectivity index (χ4v) is 0. The van der Waals surface area contributed by atoms with Crippen LogP contribution in [-0.4, -0.2) is 5.71 Å². The summed E-state index contributed by atoms with van der Waals surface area (Å²) in [4.78, 5) is 0. The zero-order valence-electron chi connectivity index (χ0n) is 4.36. The van der Waals surface area contributed by atoms with Crippen LogP contribution in [0, 0.1) is 5.21 Å². The van der Waals surface area contributed by atoms with Crippen molar-refractivity contribution < 1.29 is 51.4 Å². The van der Waals surface area contributed by atoms with Crippen LogP contribution in [0.4, 0.5) is 0 Å². The smallest absolute Gasteiger partial charge is 0.792 e. The van der Waals surface area contributed by atoms with Crippen molar-refractivity contribution in [1.82, 2.24) is 0 Å². The van der Waals surface area contributed by atoms with E-state index in [9.17, 15) is 5.21 Å². The molecule has 0 fully saturated rings. The molecule has 0 N–H and O–H groups in total. The molecule has 30 valence electrons. The van der Waals surface area contributed by atoms with Crippen LogP contribution >= 0.6 is 0 Å². The van der Waals surface area contributed by atoms with Gasteiger partial charge in [-0.3, -0.25) is 0 Å². The van der Waals surface area contributed by atoms with Crippen molar-refractivity contribution >= 4 is 5.71 Å². The third-order valence-corrected chi connectivity index (χ3v) is 0.183. The summed E-state index contributed by atoms with van der Waals surface area (Å²) in [5.74, 6) is 0. The Bertz CT molecular complexity index is 48.8. The maximum absolute atomic E-state index is 9.22. The summed E-state index contributed by atoms with van der Waals surface area (Å²) in [6, 6.07) is 0. The molecule has 0 radical (unpaired) electrons. The first-order valence-corrected chi connectivity index (χ1v) is 1.41. The van der Waals surface area contributed by atoms with Crippen LogP contribution in [0.5, 0.6) is 0 Å². The van der Waals surface area contributed by atoms with Crippen molar-refractivity contribution in [2.45, 2.75) is 13.8 Å². The Morgan fingerprint density at radius 2 is 1.67 bits per heavy atom. The van der Waals surface area contributed by atoms with Crippen LogP contribution in [-0.2, 0) is 0 Å². The number of hydrogen-bond acceptors (Lipinski definition) is 2. The van der Waals surface area contributed by atoms with Gasteiger partial charge in [-0.15, -0.1) is 0 Å². The maximum Gasteiger partial charge on any atom is 1.00 e. The molecule has 0 aromatic carbocycles. The zero-order valence-corrected chi connectivity index (χ0v) is 7.48. The molecular weight excluding hydrogens is 105 g/mol. The standard InChI is InChI=1S/C3H7NO.K/c1-3(2)4-5;/h5H,1-2H3;/q;+1/p-1. The van der Waals surface area contributed by atoms with Gasteiger partial charge in [0, 0.05) is 5.71 Å². The molecule has 2 nitrogen and oxygen atoms in total. The monoisotopic (exact) mass is 111 g/mol. The number of rotatable bonds is 0. The maximum atomic E-state index is 9.22. The van der Waals surface area contributed by atoms with Crippen molar-refractivity contribution in [2.24, 2.45) is 5.16 Å². The summed E-state index contributed by atoms with van der Waals surface area (Å²) < 4.78 is 0. The summed E-state index contributed by atoms with van der Waals surface area (Å²) in [7, 11) is 0. The van der Waals surface area contributed by atoms with Crippen molar-refractivity contribution in [3.05, 3.63) is 5.21 Å². The average Bonchev–Trinajstić information content (AvgIpc) is 1.38. The van der Waals surface area contributed by atoms with Gasteiger partial charge in [-0.05, 0) is 13.8 Å². The second kappa shape index (κ2) is 6.11. The molecule has 0 amide bonds. The summed E-state index contributed by atoms with van der Waals surface area (Å²) in [5.41, 5.74) is 0.574. The van der Waals surface area contributed by atoms with E-state index >= 15 is 0 Å². The normalized spacial score (nSPS) is 5.67. The van der Waals surface area contributed by atoms with Gasteiger partial charge in [0.05, 0.1) is 0 Å². The van der Waals surface area contributed by atoms with Crippen molar-refractivity contribution in [1.29, 1.82) is 0 Å². The number of nitrogens with zero attached hydrogens (tertiary/aromatic N) is 1. The molecular formula is C3H6KNO. The first kappa shape index (κ1) is 10.2. The molecule has 0 bridgehead atoms. The van der Waals surface area contributed by atoms with Crippen molar-refractivity contribution in [3.63, 3.8) is 0 Å². The topological polar surface area (TPSA) is 35.4 Å². The van der Waals surface area contributed by atoms with Crippen LogP contribution in [0.1, 0.15) is 13.8 Å². The molecule has 6 heavy (non-hydrogen) atoms. The summed E-state index contributed by atoms with van der Waals surface area (Å²) >= 11 is 0. The van der Waals surface area contributed by atoms with Crippen molar-refractivity contribution in [2.75, 3.05) is 0 Å². The van der Waals surface area contributed by atoms with Crippen LogP contribution in [0.3, 0.4) is 0 Å². The van der Waals surface area contributed by atoms with E-state index in [-0.39, 0.29) is 51.4 Å². The second-order valence-electron chi connectivity index (χ2n) is 1.04. The van der Waals surface area contributed by atoms with Crippen LogP contribution in [0.25, 0.3) is 0 Å². The Kier molecular flexibility index (Phi) is 10.3. The largest absolute Gasteiger partial charge is 1.00 e. The third kappa shape index (κ3) is 8.92. The molecule has 0 atom stereocenters. The van der Waals surface area contributed by atoms with Crippen molar-refractivity contribution in [3.8, 4) is 0 Å². The average molecular weight is 111 g/mol. The van der Waals surface area contributed by atoms with Gasteiger partial charge >= 0.3 is 51.4 Å². The molecule has 0 unspecified atom stereocenters. The van der Waals surface area contributed by atoms with Gasteiger partial charge in [0.1, 0.15) is 0 Å². The molecule has 0 saturated heterocycles. The molecule has 0 heterocycles. The van der Waals surface area contributed by atoms with Gasteiger partial charge < -0.3 is 10.4 Å². The Morgan fingerprint density at radius 3 is 1.67 bits per heavy atom. The van der Waals surface area contributed by atoms with Gasteiger partial charge in [0.15, 0.2) is 0 Å². The Morgan fingerprint density at radius 1 is 1.50 bits per heavy atom. The van der Waals surface area contributed by atoms with Gasteiger partial charge in [0.2, 0.25) is 0 Å². The second-order valence-corrected chi connectivity index (χ2v) is 1.04. The molecule has 0 saturated carbocycles. The first-order valence-electron chi connectivity index (χ1n) is 1.41. The molecule has 0 aromatic heterocycles. The fraction of sp³-hybridized carbons (Fsp3) is 0.667. The molecule has 0 rings (SSSR count). The van der Waals surface area contributed by atoms with Crippen LogP contribution < -0.4 is 51.4 Å². The van der Waals surface area contributed by atoms with E-state index in [0.29, 0.717) is 5.71 Å². The van der Waals surface area contributed by atoms with E-state index in [1.165, 1.54) is 0 Å². The molecule has 3 heteroatoms. The predicted molar refractivity (Wildman–Crippen MR) is 22.1 cm³/mol. The van der Waals surface area contributed by atoms with E-state index < -0.39 is 0 Å². The van der Waals surface area contributed by atoms with E-state index in [0.717, 1.165) is 0 Å². The van der Waals surface area contributed by atoms with Crippen LogP contribution in [0.15, 0.2) is 5.16 Å². The van der Waals surface area contributed by atoms with Crippen LogP contribution in [0.2, 0.25) is 0 Å².